The van der Waals surface area contributed by atoms with Crippen molar-refractivity contribution in [1.82, 2.24) is 9.13 Å². The van der Waals surface area contributed by atoms with Crippen LogP contribution in [0.2, 0.25) is 0 Å². The van der Waals surface area contributed by atoms with Gasteiger partial charge in [0, 0.05) is 30.9 Å². The minimum Gasteiger partial charge on any atom is -0.497 e. The number of nitrogens with zero attached hydrogens (tertiary/aromatic N) is 2. The van der Waals surface area contributed by atoms with Gasteiger partial charge in [0.05, 0.1) is 26.9 Å². The predicted molar refractivity (Wildman–Crippen MR) is 194 cm³/mol. The molecule has 4 atom stereocenters. The number of ether oxygens (including phenoxy) is 4. The Morgan fingerprint density at radius 2 is 1.37 bits per heavy atom. The average molecular weight is 727 g/mol. The van der Waals surface area contributed by atoms with Gasteiger partial charge in [-0.25, -0.2) is 4.79 Å². The molecule has 270 valence electrons. The van der Waals surface area contributed by atoms with Crippen molar-refractivity contribution in [3.63, 3.8) is 0 Å². The molecule has 1 aliphatic heterocycles. The van der Waals surface area contributed by atoms with E-state index in [1.807, 2.05) is 78.9 Å². The smallest absolute Gasteiger partial charge is 0.340 e. The molecule has 1 aliphatic rings. The zero-order valence-electron chi connectivity index (χ0n) is 29.1. The highest BCUT2D eigenvalue weighted by molar-refractivity contribution is 7.40. The number of rotatable bonds is 13. The van der Waals surface area contributed by atoms with Gasteiger partial charge in [-0.05, 0) is 60.0 Å². The molecule has 0 bridgehead atoms. The van der Waals surface area contributed by atoms with Crippen molar-refractivity contribution in [3.8, 4) is 11.5 Å². The molecule has 1 fully saturated rings. The third-order valence-electron chi connectivity index (χ3n) is 9.02. The van der Waals surface area contributed by atoms with Gasteiger partial charge in [0.25, 0.3) is 11.5 Å². The maximum Gasteiger partial charge on any atom is 0.340 e. The number of methoxy groups -OCH3 is 2. The minimum absolute atomic E-state index is 0.0667. The van der Waals surface area contributed by atoms with Crippen molar-refractivity contribution in [3.05, 3.63) is 164 Å². The van der Waals surface area contributed by atoms with E-state index in [1.54, 1.807) is 32.4 Å². The number of aromatic nitrogens is 2. The van der Waals surface area contributed by atoms with Gasteiger partial charge in [0.15, 0.2) is 0 Å². The molecule has 12 nitrogen and oxygen atoms in total. The Labute approximate surface area is 301 Å². The van der Waals surface area contributed by atoms with E-state index in [0.29, 0.717) is 16.1 Å². The van der Waals surface area contributed by atoms with Crippen LogP contribution in [0.15, 0.2) is 125 Å². The van der Waals surface area contributed by atoms with Crippen LogP contribution in [0.1, 0.15) is 45.3 Å². The monoisotopic (exact) mass is 726 g/mol. The number of hydrogen-bond acceptors (Lipinski definition) is 10. The first-order chi connectivity index (χ1) is 25.2. The van der Waals surface area contributed by atoms with E-state index in [1.165, 1.54) is 36.9 Å². The summed E-state index contributed by atoms with van der Waals surface area (Å²) in [7, 11) is 2.20. The first-order valence-corrected chi connectivity index (χ1v) is 17.6. The molecule has 0 radical (unpaired) electrons. The Kier molecular flexibility index (Phi) is 11.5. The lowest BCUT2D eigenvalue weighted by Crippen LogP contribution is -2.45. The first kappa shape index (κ1) is 36.8. The van der Waals surface area contributed by atoms with Crippen LogP contribution in [-0.4, -0.2) is 60.1 Å². The molecule has 13 heteroatoms. The van der Waals surface area contributed by atoms with Crippen molar-refractivity contribution < 1.29 is 37.7 Å². The Morgan fingerprint density at radius 1 is 0.827 bits per heavy atom. The van der Waals surface area contributed by atoms with Crippen LogP contribution in [-0.2, 0) is 24.1 Å². The van der Waals surface area contributed by atoms with Crippen LogP contribution < -0.4 is 20.7 Å². The largest absolute Gasteiger partial charge is 0.497 e. The van der Waals surface area contributed by atoms with Gasteiger partial charge < -0.3 is 32.9 Å². The Hall–Kier alpha value is -4.94. The summed E-state index contributed by atoms with van der Waals surface area (Å²) in [4.78, 5) is 50.9. The zero-order chi connectivity index (χ0) is 36.8. The lowest BCUT2D eigenvalue weighted by atomic mass is 9.80. The highest BCUT2D eigenvalue weighted by Crippen LogP contribution is 2.45. The third-order valence-corrected chi connectivity index (χ3v) is 9.78. The van der Waals surface area contributed by atoms with Crippen molar-refractivity contribution in [2.24, 2.45) is 0 Å². The summed E-state index contributed by atoms with van der Waals surface area (Å²) in [5.74, 6) is 0.572. The van der Waals surface area contributed by atoms with Crippen LogP contribution in [0.3, 0.4) is 0 Å². The van der Waals surface area contributed by atoms with Crippen LogP contribution >= 0.6 is 8.60 Å². The van der Waals surface area contributed by atoms with Gasteiger partial charge in [-0.15, -0.1) is 0 Å². The van der Waals surface area contributed by atoms with Gasteiger partial charge in [-0.1, -0.05) is 72.8 Å². The molecule has 5 aromatic rings. The molecule has 0 saturated carbocycles. The summed E-state index contributed by atoms with van der Waals surface area (Å²) in [6.07, 6.45) is -1.23. The Balaban J connectivity index is 1.41. The molecular formula is C39H39N2O10P. The van der Waals surface area contributed by atoms with E-state index >= 15 is 0 Å². The second-order valence-electron chi connectivity index (χ2n) is 12.1. The topological polar surface area (TPSA) is 137 Å². The Morgan fingerprint density at radius 3 is 1.90 bits per heavy atom. The quantitative estimate of drug-likeness (QED) is 0.121. The van der Waals surface area contributed by atoms with Crippen LogP contribution in [0.25, 0.3) is 0 Å². The van der Waals surface area contributed by atoms with Crippen molar-refractivity contribution in [1.29, 1.82) is 0 Å². The highest BCUT2D eigenvalue weighted by Gasteiger charge is 2.44. The van der Waals surface area contributed by atoms with Gasteiger partial charge in [-0.2, -0.15) is 4.57 Å². The first-order valence-electron chi connectivity index (χ1n) is 16.5. The average Bonchev–Trinajstić information content (AvgIpc) is 3.59. The molecule has 1 unspecified atom stereocenters. The summed E-state index contributed by atoms with van der Waals surface area (Å²) in [5.41, 5.74) is -0.0648. The van der Waals surface area contributed by atoms with Crippen molar-refractivity contribution >= 4 is 14.5 Å². The maximum atomic E-state index is 13.9. The molecule has 2 heterocycles. The van der Waals surface area contributed by atoms with Crippen molar-refractivity contribution in [2.45, 2.75) is 37.4 Å². The van der Waals surface area contributed by atoms with Crippen LogP contribution in [0, 0.1) is 6.92 Å². The standard InChI is InChI=1S/C39H39N2O10P/c1-26-24-40(38(44)41(36(26)42)37(43)27-11-7-5-8-12-27)35-23-33(51-52(45)48-4)34(50-35)25-49-39(28-13-9-6-10-14-28,29-15-19-31(46-2)20-16-29)30-17-21-32(47-3)22-18-30/h5-22,24,33-35,45H,23,25H2,1-4H3/t33-,34+,35+,52?/m0/s1. The summed E-state index contributed by atoms with van der Waals surface area (Å²) in [6.45, 7) is 1.43. The van der Waals surface area contributed by atoms with E-state index < -0.39 is 49.8 Å². The van der Waals surface area contributed by atoms with E-state index in [9.17, 15) is 19.3 Å². The summed E-state index contributed by atoms with van der Waals surface area (Å²) in [5, 5.41) is 0. The molecule has 0 aliphatic carbocycles. The minimum atomic E-state index is -2.31. The number of carbonyl (C=O) groups excluding carboxylic acids is 1. The van der Waals surface area contributed by atoms with E-state index in [2.05, 4.69) is 0 Å². The van der Waals surface area contributed by atoms with Gasteiger partial charge >= 0.3 is 14.3 Å². The van der Waals surface area contributed by atoms with Gasteiger partial charge in [0.1, 0.15) is 29.4 Å². The molecule has 6 rings (SSSR count). The predicted octanol–water partition coefficient (Wildman–Crippen LogP) is 5.57. The molecule has 1 saturated heterocycles. The lowest BCUT2D eigenvalue weighted by Gasteiger charge is -2.37. The maximum absolute atomic E-state index is 13.9. The lowest BCUT2D eigenvalue weighted by molar-refractivity contribution is -0.0926. The fourth-order valence-electron chi connectivity index (χ4n) is 6.37. The molecule has 1 aromatic heterocycles. The zero-order valence-corrected chi connectivity index (χ0v) is 30.0. The molecule has 4 aromatic carbocycles. The highest BCUT2D eigenvalue weighted by atomic mass is 31.2. The normalized spacial score (nSPS) is 17.8. The van der Waals surface area contributed by atoms with Crippen molar-refractivity contribution in [2.75, 3.05) is 27.9 Å². The summed E-state index contributed by atoms with van der Waals surface area (Å²) in [6, 6.07) is 32.9. The number of hydrogen-bond donors (Lipinski definition) is 1. The fourth-order valence-corrected chi connectivity index (χ4v) is 6.90. The van der Waals surface area contributed by atoms with Crippen LogP contribution in [0.4, 0.5) is 0 Å². The third kappa shape index (κ3) is 7.35. The second-order valence-corrected chi connectivity index (χ2v) is 13.1. The molecule has 1 N–H and O–H groups in total. The number of aryl methyl sites for hydroxylation is 1. The summed E-state index contributed by atoms with van der Waals surface area (Å²) >= 11 is 0. The van der Waals surface area contributed by atoms with Crippen LogP contribution in [0.5, 0.6) is 11.5 Å². The fraction of sp³-hybridized carbons (Fsp3) is 0.256. The van der Waals surface area contributed by atoms with E-state index in [4.69, 9.17) is 28.0 Å². The van der Waals surface area contributed by atoms with Gasteiger partial charge in [0.2, 0.25) is 0 Å². The van der Waals surface area contributed by atoms with Gasteiger partial charge in [-0.3, -0.25) is 14.2 Å². The SMILES string of the molecule is COc1ccc(C(OC[C@H]2O[C@@H](n3cc(C)c(=O)n(C(=O)c4ccccc4)c3=O)C[C@@H]2OP(O)OC)(c2ccccc2)c2ccc(OC)cc2)cc1. The van der Waals surface area contributed by atoms with E-state index in [-0.39, 0.29) is 24.2 Å². The molecule has 52 heavy (non-hydrogen) atoms. The molecular weight excluding hydrogens is 687 g/mol. The Bertz CT molecular complexity index is 2040. The second kappa shape index (κ2) is 16.2. The molecule has 0 amide bonds. The van der Waals surface area contributed by atoms with E-state index in [0.717, 1.165) is 16.7 Å². The summed E-state index contributed by atoms with van der Waals surface area (Å²) < 4.78 is 37.2. The number of benzene rings is 4. The molecule has 0 spiro atoms. The number of carbonyl (C=O) groups is 1.